The zero-order valence-corrected chi connectivity index (χ0v) is 11.8. The van der Waals surface area contributed by atoms with Gasteiger partial charge in [0.05, 0.1) is 6.10 Å². The SMILES string of the molecule is CCCCC(/C=C\CN(C)c1ccccc1)OC. The Morgan fingerprint density at radius 3 is 2.61 bits per heavy atom. The fraction of sp³-hybridized carbons (Fsp3) is 0.500. The van der Waals surface area contributed by atoms with Crippen LogP contribution in [0.15, 0.2) is 42.5 Å². The number of benzene rings is 1. The Morgan fingerprint density at radius 1 is 1.28 bits per heavy atom. The van der Waals surface area contributed by atoms with Crippen molar-refractivity contribution in [3.8, 4) is 0 Å². The number of rotatable bonds is 8. The van der Waals surface area contributed by atoms with Crippen molar-refractivity contribution in [2.45, 2.75) is 32.3 Å². The van der Waals surface area contributed by atoms with E-state index in [1.807, 2.05) is 6.07 Å². The van der Waals surface area contributed by atoms with Crippen molar-refractivity contribution < 1.29 is 4.74 Å². The second kappa shape index (κ2) is 8.76. The van der Waals surface area contributed by atoms with Gasteiger partial charge in [-0.1, -0.05) is 50.1 Å². The maximum atomic E-state index is 5.43. The Kier molecular flexibility index (Phi) is 7.19. The molecule has 0 aliphatic heterocycles. The molecule has 1 atom stereocenters. The molecule has 100 valence electrons. The third kappa shape index (κ3) is 5.37. The molecule has 0 amide bonds. The molecule has 2 heteroatoms. The van der Waals surface area contributed by atoms with Gasteiger partial charge in [0.25, 0.3) is 0 Å². The summed E-state index contributed by atoms with van der Waals surface area (Å²) in [6.45, 7) is 3.12. The van der Waals surface area contributed by atoms with Crippen LogP contribution >= 0.6 is 0 Å². The molecule has 0 spiro atoms. The van der Waals surface area contributed by atoms with Crippen molar-refractivity contribution in [3.63, 3.8) is 0 Å². The topological polar surface area (TPSA) is 12.5 Å². The molecular formula is C16H25NO. The van der Waals surface area contributed by atoms with Gasteiger partial charge in [0.1, 0.15) is 0 Å². The molecule has 1 unspecified atom stereocenters. The second-order valence-electron chi connectivity index (χ2n) is 4.56. The number of hydrogen-bond donors (Lipinski definition) is 0. The van der Waals surface area contributed by atoms with Crippen molar-refractivity contribution in [3.05, 3.63) is 42.5 Å². The van der Waals surface area contributed by atoms with Gasteiger partial charge in [-0.3, -0.25) is 0 Å². The Bertz CT molecular complexity index is 334. The number of ether oxygens (including phenoxy) is 1. The monoisotopic (exact) mass is 247 g/mol. The first-order valence-corrected chi connectivity index (χ1v) is 6.73. The minimum Gasteiger partial charge on any atom is -0.377 e. The largest absolute Gasteiger partial charge is 0.377 e. The Hall–Kier alpha value is -1.28. The van der Waals surface area contributed by atoms with Crippen LogP contribution in [0.1, 0.15) is 26.2 Å². The van der Waals surface area contributed by atoms with Crippen molar-refractivity contribution in [1.29, 1.82) is 0 Å². The fourth-order valence-corrected chi connectivity index (χ4v) is 1.86. The predicted octanol–water partition coefficient (Wildman–Crippen LogP) is 3.88. The summed E-state index contributed by atoms with van der Waals surface area (Å²) in [5.41, 5.74) is 1.24. The van der Waals surface area contributed by atoms with E-state index in [4.69, 9.17) is 4.74 Å². The lowest BCUT2D eigenvalue weighted by molar-refractivity contribution is 0.131. The Balaban J connectivity index is 2.39. The van der Waals surface area contributed by atoms with E-state index in [0.29, 0.717) is 0 Å². The van der Waals surface area contributed by atoms with Crippen LogP contribution < -0.4 is 4.90 Å². The maximum absolute atomic E-state index is 5.43. The number of unbranched alkanes of at least 4 members (excludes halogenated alkanes) is 1. The minimum absolute atomic E-state index is 0.258. The highest BCUT2D eigenvalue weighted by atomic mass is 16.5. The van der Waals surface area contributed by atoms with E-state index < -0.39 is 0 Å². The van der Waals surface area contributed by atoms with Crippen molar-refractivity contribution in [1.82, 2.24) is 0 Å². The fourth-order valence-electron chi connectivity index (χ4n) is 1.86. The van der Waals surface area contributed by atoms with Gasteiger partial charge in [0, 0.05) is 26.4 Å². The molecule has 0 aliphatic rings. The van der Waals surface area contributed by atoms with E-state index in [1.165, 1.54) is 18.5 Å². The lowest BCUT2D eigenvalue weighted by Crippen LogP contribution is -2.17. The van der Waals surface area contributed by atoms with Crippen LogP contribution in [0.5, 0.6) is 0 Å². The van der Waals surface area contributed by atoms with E-state index in [-0.39, 0.29) is 6.10 Å². The predicted molar refractivity (Wildman–Crippen MR) is 79.2 cm³/mol. The number of methoxy groups -OCH3 is 1. The van der Waals surface area contributed by atoms with E-state index in [0.717, 1.165) is 13.0 Å². The van der Waals surface area contributed by atoms with Gasteiger partial charge in [-0.05, 0) is 18.6 Å². The number of hydrogen-bond acceptors (Lipinski definition) is 2. The summed E-state index contributed by atoms with van der Waals surface area (Å²) < 4.78 is 5.43. The average molecular weight is 247 g/mol. The van der Waals surface area contributed by atoms with Crippen LogP contribution in [0.25, 0.3) is 0 Å². The lowest BCUT2D eigenvalue weighted by atomic mass is 10.1. The van der Waals surface area contributed by atoms with Gasteiger partial charge in [0.2, 0.25) is 0 Å². The standard InChI is InChI=1S/C16H25NO/c1-4-5-12-16(18-3)13-9-14-17(2)15-10-7-6-8-11-15/h6-11,13,16H,4-5,12,14H2,1-3H3/b13-9-. The first-order valence-electron chi connectivity index (χ1n) is 6.73. The molecule has 0 heterocycles. The molecule has 1 aromatic rings. The van der Waals surface area contributed by atoms with E-state index in [2.05, 4.69) is 55.3 Å². The zero-order chi connectivity index (χ0) is 13.2. The number of anilines is 1. The van der Waals surface area contributed by atoms with Gasteiger partial charge >= 0.3 is 0 Å². The lowest BCUT2D eigenvalue weighted by Gasteiger charge is -2.17. The number of likely N-dealkylation sites (N-methyl/N-ethyl adjacent to an activating group) is 1. The van der Waals surface area contributed by atoms with Crippen LogP contribution in [-0.4, -0.2) is 26.8 Å². The molecule has 0 saturated carbocycles. The Morgan fingerprint density at radius 2 is 2.00 bits per heavy atom. The van der Waals surface area contributed by atoms with E-state index in [1.54, 1.807) is 7.11 Å². The van der Waals surface area contributed by atoms with Gasteiger partial charge < -0.3 is 9.64 Å². The number of nitrogens with zero attached hydrogens (tertiary/aromatic N) is 1. The first kappa shape index (κ1) is 14.8. The Labute approximate surface area is 111 Å². The molecule has 2 nitrogen and oxygen atoms in total. The molecular weight excluding hydrogens is 222 g/mol. The molecule has 0 fully saturated rings. The molecule has 0 radical (unpaired) electrons. The van der Waals surface area contributed by atoms with Crippen LogP contribution in [0.2, 0.25) is 0 Å². The average Bonchev–Trinajstić information content (AvgIpc) is 2.43. The summed E-state index contributed by atoms with van der Waals surface area (Å²) in [4.78, 5) is 2.23. The van der Waals surface area contributed by atoms with Crippen molar-refractivity contribution in [2.75, 3.05) is 25.6 Å². The van der Waals surface area contributed by atoms with E-state index >= 15 is 0 Å². The molecule has 0 aromatic heterocycles. The van der Waals surface area contributed by atoms with Gasteiger partial charge in [-0.15, -0.1) is 0 Å². The zero-order valence-electron chi connectivity index (χ0n) is 11.8. The molecule has 0 bridgehead atoms. The molecule has 1 aromatic carbocycles. The van der Waals surface area contributed by atoms with Crippen LogP contribution in [0.4, 0.5) is 5.69 Å². The summed E-state index contributed by atoms with van der Waals surface area (Å²) >= 11 is 0. The summed E-state index contributed by atoms with van der Waals surface area (Å²) in [6.07, 6.45) is 8.17. The summed E-state index contributed by atoms with van der Waals surface area (Å²) in [5, 5.41) is 0. The highest BCUT2D eigenvalue weighted by Crippen LogP contribution is 2.11. The third-order valence-electron chi connectivity index (χ3n) is 3.07. The van der Waals surface area contributed by atoms with Gasteiger partial charge in [-0.2, -0.15) is 0 Å². The molecule has 0 aliphatic carbocycles. The summed E-state index contributed by atoms with van der Waals surface area (Å²) in [5.74, 6) is 0. The van der Waals surface area contributed by atoms with Crippen LogP contribution in [-0.2, 0) is 4.74 Å². The summed E-state index contributed by atoms with van der Waals surface area (Å²) in [6, 6.07) is 10.4. The molecule has 18 heavy (non-hydrogen) atoms. The van der Waals surface area contributed by atoms with Gasteiger partial charge in [0.15, 0.2) is 0 Å². The van der Waals surface area contributed by atoms with Crippen molar-refractivity contribution in [2.24, 2.45) is 0 Å². The quantitative estimate of drug-likeness (QED) is 0.646. The van der Waals surface area contributed by atoms with Crippen LogP contribution in [0.3, 0.4) is 0 Å². The summed E-state index contributed by atoms with van der Waals surface area (Å²) in [7, 11) is 3.89. The van der Waals surface area contributed by atoms with Crippen molar-refractivity contribution >= 4 is 5.69 Å². The maximum Gasteiger partial charge on any atom is 0.0752 e. The number of para-hydroxylation sites is 1. The molecule has 0 saturated heterocycles. The highest BCUT2D eigenvalue weighted by molar-refractivity contribution is 5.45. The normalized spacial score (nSPS) is 12.8. The molecule has 0 N–H and O–H groups in total. The highest BCUT2D eigenvalue weighted by Gasteiger charge is 2.01. The first-order chi connectivity index (χ1) is 8.77. The minimum atomic E-state index is 0.258. The third-order valence-corrected chi connectivity index (χ3v) is 3.07. The smallest absolute Gasteiger partial charge is 0.0752 e. The second-order valence-corrected chi connectivity index (χ2v) is 4.56. The van der Waals surface area contributed by atoms with E-state index in [9.17, 15) is 0 Å². The molecule has 1 rings (SSSR count). The van der Waals surface area contributed by atoms with Crippen LogP contribution in [0, 0.1) is 0 Å². The van der Waals surface area contributed by atoms with Gasteiger partial charge in [-0.25, -0.2) is 0 Å².